The molecule has 0 spiro atoms. The standard InChI is InChI=1S/C16H18FN3O3S/c1-2-23-13(21)8-10-4-3-5-20(10)15(22)11-6-9(17)7-12-14(11)19-16(24)18-12/h6-7,10H,2-5,8H2,1H3,(H2,18,19,24). The van der Waals surface area contributed by atoms with E-state index in [1.807, 2.05) is 0 Å². The highest BCUT2D eigenvalue weighted by molar-refractivity contribution is 7.71. The molecule has 2 N–H and O–H groups in total. The van der Waals surface area contributed by atoms with Gasteiger partial charge in [0.1, 0.15) is 5.82 Å². The molecule has 1 aromatic carbocycles. The molecule has 2 aromatic rings. The van der Waals surface area contributed by atoms with Gasteiger partial charge in [0.25, 0.3) is 5.91 Å². The molecule has 1 aliphatic heterocycles. The summed E-state index contributed by atoms with van der Waals surface area (Å²) < 4.78 is 19.1. The lowest BCUT2D eigenvalue weighted by Crippen LogP contribution is -2.37. The minimum Gasteiger partial charge on any atom is -0.466 e. The van der Waals surface area contributed by atoms with Gasteiger partial charge in [0.15, 0.2) is 4.77 Å². The molecule has 0 aliphatic carbocycles. The Kier molecular flexibility index (Phi) is 4.66. The molecule has 1 atom stereocenters. The van der Waals surface area contributed by atoms with Crippen molar-refractivity contribution in [2.45, 2.75) is 32.2 Å². The summed E-state index contributed by atoms with van der Waals surface area (Å²) in [6, 6.07) is 2.26. The maximum Gasteiger partial charge on any atom is 0.307 e. The zero-order valence-electron chi connectivity index (χ0n) is 13.2. The molecule has 6 nitrogen and oxygen atoms in total. The molecule has 1 aromatic heterocycles. The van der Waals surface area contributed by atoms with E-state index in [0.29, 0.717) is 29.0 Å². The zero-order valence-corrected chi connectivity index (χ0v) is 14.0. The first-order valence-electron chi connectivity index (χ1n) is 7.87. The number of nitrogens with one attached hydrogen (secondary N) is 2. The van der Waals surface area contributed by atoms with Crippen molar-refractivity contribution in [3.63, 3.8) is 0 Å². The summed E-state index contributed by atoms with van der Waals surface area (Å²) in [5.74, 6) is -1.15. The number of rotatable bonds is 4. The van der Waals surface area contributed by atoms with E-state index in [0.717, 1.165) is 12.8 Å². The number of H-pyrrole nitrogens is 2. The van der Waals surface area contributed by atoms with Gasteiger partial charge in [-0.1, -0.05) is 0 Å². The molecular weight excluding hydrogens is 333 g/mol. The molecule has 1 saturated heterocycles. The predicted octanol–water partition coefficient (Wildman–Crippen LogP) is 2.92. The summed E-state index contributed by atoms with van der Waals surface area (Å²) >= 11 is 5.03. The number of hydrogen-bond donors (Lipinski definition) is 2. The smallest absolute Gasteiger partial charge is 0.307 e. The van der Waals surface area contributed by atoms with Gasteiger partial charge in [-0.05, 0) is 44.1 Å². The number of aromatic nitrogens is 2. The Balaban J connectivity index is 1.90. The van der Waals surface area contributed by atoms with Crippen LogP contribution in [0.25, 0.3) is 11.0 Å². The second kappa shape index (κ2) is 6.72. The molecule has 1 amide bonds. The molecule has 1 unspecified atom stereocenters. The normalized spacial score (nSPS) is 17.4. The van der Waals surface area contributed by atoms with Crippen LogP contribution >= 0.6 is 12.2 Å². The Morgan fingerprint density at radius 1 is 1.42 bits per heavy atom. The zero-order chi connectivity index (χ0) is 17.3. The molecule has 2 heterocycles. The maximum atomic E-state index is 13.8. The number of esters is 1. The number of hydrogen-bond acceptors (Lipinski definition) is 4. The largest absolute Gasteiger partial charge is 0.466 e. The number of fused-ring (bicyclic) bond motifs is 1. The number of aromatic amines is 2. The Morgan fingerprint density at radius 3 is 2.96 bits per heavy atom. The molecule has 128 valence electrons. The first-order chi connectivity index (χ1) is 11.5. The average Bonchev–Trinajstić information content (AvgIpc) is 3.11. The highest BCUT2D eigenvalue weighted by atomic mass is 32.1. The molecule has 24 heavy (non-hydrogen) atoms. The van der Waals surface area contributed by atoms with E-state index in [2.05, 4.69) is 9.97 Å². The van der Waals surface area contributed by atoms with Gasteiger partial charge in [0.05, 0.1) is 29.6 Å². The average molecular weight is 351 g/mol. The molecule has 8 heteroatoms. The number of nitrogens with zero attached hydrogens (tertiary/aromatic N) is 1. The molecule has 0 bridgehead atoms. The predicted molar refractivity (Wildman–Crippen MR) is 88.7 cm³/mol. The van der Waals surface area contributed by atoms with Crippen LogP contribution in [0.1, 0.15) is 36.5 Å². The van der Waals surface area contributed by atoms with E-state index in [9.17, 15) is 14.0 Å². The second-order valence-corrected chi connectivity index (χ2v) is 6.17. The third-order valence-corrected chi connectivity index (χ3v) is 4.37. The van der Waals surface area contributed by atoms with Crippen molar-refractivity contribution in [3.8, 4) is 0 Å². The van der Waals surface area contributed by atoms with Crippen molar-refractivity contribution in [3.05, 3.63) is 28.3 Å². The molecule has 0 saturated carbocycles. The highest BCUT2D eigenvalue weighted by Gasteiger charge is 2.32. The van der Waals surface area contributed by atoms with Crippen LogP contribution in [0.5, 0.6) is 0 Å². The topological polar surface area (TPSA) is 78.2 Å². The van der Waals surface area contributed by atoms with E-state index < -0.39 is 5.82 Å². The van der Waals surface area contributed by atoms with Crippen LogP contribution in [0.2, 0.25) is 0 Å². The first-order valence-corrected chi connectivity index (χ1v) is 8.28. The number of amides is 1. The van der Waals surface area contributed by atoms with Crippen molar-refractivity contribution >= 4 is 35.1 Å². The van der Waals surface area contributed by atoms with Crippen LogP contribution in [-0.4, -0.2) is 45.9 Å². The fourth-order valence-corrected chi connectivity index (χ4v) is 3.37. The number of halogens is 1. The van der Waals surface area contributed by atoms with Gasteiger partial charge in [0, 0.05) is 12.6 Å². The Bertz CT molecular complexity index is 845. The number of ether oxygens (including phenoxy) is 1. The summed E-state index contributed by atoms with van der Waals surface area (Å²) in [6.07, 6.45) is 1.69. The van der Waals surface area contributed by atoms with E-state index >= 15 is 0 Å². The van der Waals surface area contributed by atoms with Crippen molar-refractivity contribution in [1.82, 2.24) is 14.9 Å². The number of imidazole rings is 1. The van der Waals surface area contributed by atoms with Crippen LogP contribution in [-0.2, 0) is 9.53 Å². The van der Waals surface area contributed by atoms with Gasteiger partial charge in [-0.3, -0.25) is 9.59 Å². The van der Waals surface area contributed by atoms with E-state index in [1.165, 1.54) is 12.1 Å². The van der Waals surface area contributed by atoms with Crippen LogP contribution in [0.4, 0.5) is 4.39 Å². The van der Waals surface area contributed by atoms with Gasteiger partial charge in [-0.25, -0.2) is 4.39 Å². The van der Waals surface area contributed by atoms with E-state index in [1.54, 1.807) is 11.8 Å². The lowest BCUT2D eigenvalue weighted by molar-refractivity contribution is -0.144. The monoisotopic (exact) mass is 351 g/mol. The summed E-state index contributed by atoms with van der Waals surface area (Å²) in [7, 11) is 0. The fraction of sp³-hybridized carbons (Fsp3) is 0.438. The summed E-state index contributed by atoms with van der Waals surface area (Å²) in [6.45, 7) is 2.59. The summed E-state index contributed by atoms with van der Waals surface area (Å²) in [5.41, 5.74) is 1.14. The lowest BCUT2D eigenvalue weighted by atomic mass is 10.1. The minimum absolute atomic E-state index is 0.154. The molecule has 1 fully saturated rings. The second-order valence-electron chi connectivity index (χ2n) is 5.76. The fourth-order valence-electron chi connectivity index (χ4n) is 3.16. The SMILES string of the molecule is CCOC(=O)CC1CCCN1C(=O)c1cc(F)cc2[nH]c(=S)[nH]c12. The van der Waals surface area contributed by atoms with Crippen LogP contribution in [0, 0.1) is 10.6 Å². The van der Waals surface area contributed by atoms with Crippen molar-refractivity contribution < 1.29 is 18.7 Å². The van der Waals surface area contributed by atoms with Crippen molar-refractivity contribution in [1.29, 1.82) is 0 Å². The maximum absolute atomic E-state index is 13.8. The van der Waals surface area contributed by atoms with E-state index in [4.69, 9.17) is 17.0 Å². The van der Waals surface area contributed by atoms with Gasteiger partial charge in [0.2, 0.25) is 0 Å². The highest BCUT2D eigenvalue weighted by Crippen LogP contribution is 2.26. The van der Waals surface area contributed by atoms with Gasteiger partial charge >= 0.3 is 5.97 Å². The van der Waals surface area contributed by atoms with Crippen LogP contribution in [0.15, 0.2) is 12.1 Å². The Morgan fingerprint density at radius 2 is 2.21 bits per heavy atom. The van der Waals surface area contributed by atoms with Gasteiger partial charge in [-0.2, -0.15) is 0 Å². The van der Waals surface area contributed by atoms with Crippen LogP contribution in [0.3, 0.4) is 0 Å². The molecule has 1 aliphatic rings. The molecular formula is C16H18FN3O3S. The molecule has 0 radical (unpaired) electrons. The molecule has 3 rings (SSSR count). The summed E-state index contributed by atoms with van der Waals surface area (Å²) in [5, 5.41) is 0. The number of benzene rings is 1. The van der Waals surface area contributed by atoms with Crippen molar-refractivity contribution in [2.75, 3.05) is 13.2 Å². The third-order valence-electron chi connectivity index (χ3n) is 4.17. The lowest BCUT2D eigenvalue weighted by Gasteiger charge is -2.24. The van der Waals surface area contributed by atoms with E-state index in [-0.39, 0.29) is 29.9 Å². The van der Waals surface area contributed by atoms with Crippen molar-refractivity contribution in [2.24, 2.45) is 0 Å². The Labute approximate surface area is 143 Å². The van der Waals surface area contributed by atoms with Gasteiger partial charge in [-0.15, -0.1) is 0 Å². The summed E-state index contributed by atoms with van der Waals surface area (Å²) in [4.78, 5) is 32.0. The number of carbonyl (C=O) groups excluding carboxylic acids is 2. The quantitative estimate of drug-likeness (QED) is 0.656. The first kappa shape index (κ1) is 16.6. The number of carbonyl (C=O) groups is 2. The third kappa shape index (κ3) is 3.19. The van der Waals surface area contributed by atoms with Gasteiger partial charge < -0.3 is 19.6 Å². The minimum atomic E-state index is -0.516. The van der Waals surface area contributed by atoms with Crippen LogP contribution < -0.4 is 0 Å². The Hall–Kier alpha value is -2.22. The number of likely N-dealkylation sites (tertiary alicyclic amines) is 1.